The van der Waals surface area contributed by atoms with Crippen molar-refractivity contribution in [2.75, 3.05) is 20.2 Å². The van der Waals surface area contributed by atoms with E-state index in [0.29, 0.717) is 37.0 Å². The quantitative estimate of drug-likeness (QED) is 0.541. The second kappa shape index (κ2) is 10.1. The maximum Gasteiger partial charge on any atom is 0.240 e. The SMILES string of the molecule is COC1CCN(C(=O)[C@H]2CC[C@H](NS(=O)(=O)c3ccc4[nH]c(-c5ccccc5)nc4c3)CC2)CC1. The molecule has 2 N–H and O–H groups in total. The van der Waals surface area contributed by atoms with Crippen LogP contribution >= 0.6 is 0 Å². The molecule has 1 saturated carbocycles. The number of carbonyl (C=O) groups excluding carboxylic acids is 1. The molecular weight excluding hydrogens is 464 g/mol. The Morgan fingerprint density at radius 1 is 1.03 bits per heavy atom. The zero-order chi connectivity index (χ0) is 24.4. The number of imidazole rings is 1. The number of hydrogen-bond donors (Lipinski definition) is 2. The number of nitrogens with one attached hydrogen (secondary N) is 2. The van der Waals surface area contributed by atoms with Crippen molar-refractivity contribution >= 4 is 27.0 Å². The highest BCUT2D eigenvalue weighted by atomic mass is 32.2. The molecule has 2 aliphatic rings. The number of amides is 1. The van der Waals surface area contributed by atoms with Gasteiger partial charge in [0.2, 0.25) is 15.9 Å². The summed E-state index contributed by atoms with van der Waals surface area (Å²) in [6.45, 7) is 1.48. The van der Waals surface area contributed by atoms with Crippen molar-refractivity contribution in [1.82, 2.24) is 19.6 Å². The lowest BCUT2D eigenvalue weighted by Crippen LogP contribution is -2.45. The van der Waals surface area contributed by atoms with Crippen LogP contribution in [0.15, 0.2) is 53.4 Å². The number of aromatic amines is 1. The number of likely N-dealkylation sites (tertiary alicyclic amines) is 1. The molecule has 0 unspecified atom stereocenters. The number of sulfonamides is 1. The first kappa shape index (κ1) is 24.0. The Bertz CT molecular complexity index is 1280. The van der Waals surface area contributed by atoms with Gasteiger partial charge < -0.3 is 14.6 Å². The fourth-order valence-electron chi connectivity index (χ4n) is 5.20. The van der Waals surface area contributed by atoms with E-state index in [1.807, 2.05) is 35.2 Å². The molecule has 0 spiro atoms. The topological polar surface area (TPSA) is 104 Å². The van der Waals surface area contributed by atoms with E-state index in [1.54, 1.807) is 25.3 Å². The van der Waals surface area contributed by atoms with Crippen molar-refractivity contribution in [3.63, 3.8) is 0 Å². The molecule has 0 radical (unpaired) electrons. The molecule has 186 valence electrons. The highest BCUT2D eigenvalue weighted by Gasteiger charge is 2.33. The van der Waals surface area contributed by atoms with Gasteiger partial charge >= 0.3 is 0 Å². The van der Waals surface area contributed by atoms with Crippen molar-refractivity contribution in [2.24, 2.45) is 5.92 Å². The summed E-state index contributed by atoms with van der Waals surface area (Å²) in [5.74, 6) is 0.892. The summed E-state index contributed by atoms with van der Waals surface area (Å²) in [6, 6.07) is 14.5. The van der Waals surface area contributed by atoms with Gasteiger partial charge in [-0.2, -0.15) is 0 Å². The normalized spacial score (nSPS) is 21.9. The molecular formula is C26H32N4O4S. The Hall–Kier alpha value is -2.75. The van der Waals surface area contributed by atoms with Gasteiger partial charge in [0.15, 0.2) is 0 Å². The third-order valence-electron chi connectivity index (χ3n) is 7.30. The highest BCUT2D eigenvalue weighted by molar-refractivity contribution is 7.89. The Labute approximate surface area is 206 Å². The lowest BCUT2D eigenvalue weighted by Gasteiger charge is -2.36. The van der Waals surface area contributed by atoms with Crippen LogP contribution in [0.25, 0.3) is 22.4 Å². The first-order chi connectivity index (χ1) is 16.9. The molecule has 0 atom stereocenters. The first-order valence-electron chi connectivity index (χ1n) is 12.3. The molecule has 1 saturated heterocycles. The Kier molecular flexibility index (Phi) is 6.91. The predicted octanol–water partition coefficient (Wildman–Crippen LogP) is 3.70. The number of methoxy groups -OCH3 is 1. The third-order valence-corrected chi connectivity index (χ3v) is 8.82. The third kappa shape index (κ3) is 5.27. The largest absolute Gasteiger partial charge is 0.381 e. The van der Waals surface area contributed by atoms with E-state index in [1.165, 1.54) is 0 Å². The standard InChI is InChI=1S/C26H32N4O4S/c1-34-21-13-15-30(16-14-21)26(31)19-7-9-20(10-8-19)29-35(32,33)22-11-12-23-24(17-22)28-25(27-23)18-5-3-2-4-6-18/h2-6,11-12,17,19-21,29H,7-10,13-16H2,1H3,(H,27,28)/t19-,20-. The van der Waals surface area contributed by atoms with Crippen LogP contribution in [-0.4, -0.2) is 61.5 Å². The minimum absolute atomic E-state index is 0.0216. The van der Waals surface area contributed by atoms with Gasteiger partial charge in [0, 0.05) is 37.7 Å². The van der Waals surface area contributed by atoms with E-state index in [0.717, 1.165) is 37.0 Å². The van der Waals surface area contributed by atoms with Gasteiger partial charge in [-0.15, -0.1) is 0 Å². The molecule has 5 rings (SSSR count). The monoisotopic (exact) mass is 496 g/mol. The summed E-state index contributed by atoms with van der Waals surface area (Å²) in [5.41, 5.74) is 2.34. The predicted molar refractivity (Wildman–Crippen MR) is 134 cm³/mol. The Morgan fingerprint density at radius 3 is 2.43 bits per heavy atom. The van der Waals surface area contributed by atoms with Crippen molar-refractivity contribution < 1.29 is 17.9 Å². The average molecular weight is 497 g/mol. The summed E-state index contributed by atoms with van der Waals surface area (Å²) in [6.07, 6.45) is 4.73. The molecule has 0 bridgehead atoms. The maximum atomic E-state index is 13.1. The number of nitrogens with zero attached hydrogens (tertiary/aromatic N) is 2. The van der Waals surface area contributed by atoms with E-state index < -0.39 is 10.0 Å². The van der Waals surface area contributed by atoms with Gasteiger partial charge in [-0.25, -0.2) is 18.1 Å². The second-order valence-electron chi connectivity index (χ2n) is 9.56. The van der Waals surface area contributed by atoms with E-state index in [9.17, 15) is 13.2 Å². The number of ether oxygens (including phenoxy) is 1. The van der Waals surface area contributed by atoms with E-state index in [-0.39, 0.29) is 28.9 Å². The smallest absolute Gasteiger partial charge is 0.240 e. The number of rotatable bonds is 6. The van der Waals surface area contributed by atoms with Crippen LogP contribution in [-0.2, 0) is 19.6 Å². The number of hydrogen-bond acceptors (Lipinski definition) is 5. The molecule has 2 aromatic carbocycles. The van der Waals surface area contributed by atoms with E-state index >= 15 is 0 Å². The number of benzene rings is 2. The number of H-pyrrole nitrogens is 1. The highest BCUT2D eigenvalue weighted by Crippen LogP contribution is 2.29. The van der Waals surface area contributed by atoms with Crippen LogP contribution in [0.2, 0.25) is 0 Å². The van der Waals surface area contributed by atoms with Crippen LogP contribution < -0.4 is 4.72 Å². The lowest BCUT2D eigenvalue weighted by atomic mass is 9.85. The zero-order valence-corrected chi connectivity index (χ0v) is 20.8. The van der Waals surface area contributed by atoms with Crippen LogP contribution in [0.5, 0.6) is 0 Å². The molecule has 35 heavy (non-hydrogen) atoms. The fraction of sp³-hybridized carbons (Fsp3) is 0.462. The van der Waals surface area contributed by atoms with Crippen LogP contribution in [0.1, 0.15) is 38.5 Å². The van der Waals surface area contributed by atoms with Crippen molar-refractivity contribution in [3.8, 4) is 11.4 Å². The van der Waals surface area contributed by atoms with Gasteiger partial charge in [-0.3, -0.25) is 4.79 Å². The Balaban J connectivity index is 1.20. The molecule has 2 heterocycles. The molecule has 2 fully saturated rings. The molecule has 1 amide bonds. The molecule has 1 aromatic heterocycles. The molecule has 9 heteroatoms. The van der Waals surface area contributed by atoms with Gasteiger partial charge in [0.25, 0.3) is 0 Å². The van der Waals surface area contributed by atoms with Gasteiger partial charge in [0.1, 0.15) is 5.82 Å². The molecule has 3 aromatic rings. The molecule has 1 aliphatic heterocycles. The van der Waals surface area contributed by atoms with E-state index in [2.05, 4.69) is 14.7 Å². The van der Waals surface area contributed by atoms with Crippen LogP contribution in [0.4, 0.5) is 0 Å². The molecule has 1 aliphatic carbocycles. The van der Waals surface area contributed by atoms with Crippen LogP contribution in [0, 0.1) is 5.92 Å². The van der Waals surface area contributed by atoms with Crippen LogP contribution in [0.3, 0.4) is 0 Å². The number of aromatic nitrogens is 2. The fourth-order valence-corrected chi connectivity index (χ4v) is 6.53. The van der Waals surface area contributed by atoms with Crippen molar-refractivity contribution in [3.05, 3.63) is 48.5 Å². The van der Waals surface area contributed by atoms with Gasteiger partial charge in [-0.1, -0.05) is 30.3 Å². The lowest BCUT2D eigenvalue weighted by molar-refractivity contribution is -0.139. The minimum atomic E-state index is -3.69. The maximum absolute atomic E-state index is 13.1. The van der Waals surface area contributed by atoms with Crippen molar-refractivity contribution in [2.45, 2.75) is 55.6 Å². The Morgan fingerprint density at radius 2 is 1.74 bits per heavy atom. The van der Waals surface area contributed by atoms with Crippen molar-refractivity contribution in [1.29, 1.82) is 0 Å². The van der Waals surface area contributed by atoms with Gasteiger partial charge in [-0.05, 0) is 56.7 Å². The summed E-state index contributed by atoms with van der Waals surface area (Å²) < 4.78 is 34.5. The summed E-state index contributed by atoms with van der Waals surface area (Å²) in [7, 11) is -1.97. The summed E-state index contributed by atoms with van der Waals surface area (Å²) in [5, 5.41) is 0. The number of piperidine rings is 1. The average Bonchev–Trinajstić information content (AvgIpc) is 3.33. The minimum Gasteiger partial charge on any atom is -0.381 e. The van der Waals surface area contributed by atoms with Gasteiger partial charge in [0.05, 0.1) is 22.0 Å². The number of fused-ring (bicyclic) bond motifs is 1. The zero-order valence-electron chi connectivity index (χ0n) is 19.9. The summed E-state index contributed by atoms with van der Waals surface area (Å²) >= 11 is 0. The number of carbonyl (C=O) groups is 1. The molecule has 8 nitrogen and oxygen atoms in total. The summed E-state index contributed by atoms with van der Waals surface area (Å²) in [4.78, 5) is 22.9. The van der Waals surface area contributed by atoms with E-state index in [4.69, 9.17) is 4.74 Å². The second-order valence-corrected chi connectivity index (χ2v) is 11.3. The first-order valence-corrected chi connectivity index (χ1v) is 13.8.